The van der Waals surface area contributed by atoms with Gasteiger partial charge in [0, 0.05) is 34.4 Å². The molecule has 0 fully saturated rings. The topological polar surface area (TPSA) is 67.7 Å². The summed E-state index contributed by atoms with van der Waals surface area (Å²) < 4.78 is 28.8. The lowest BCUT2D eigenvalue weighted by molar-refractivity contribution is 0.0981. The highest BCUT2D eigenvalue weighted by atomic mass is 35.5. The molecule has 0 aliphatic carbocycles. The Morgan fingerprint density at radius 2 is 1.74 bits per heavy atom. The number of aryl methyl sites for hydroxylation is 1. The highest BCUT2D eigenvalue weighted by Crippen LogP contribution is 2.27. The molecule has 2 heterocycles. The fourth-order valence-corrected chi connectivity index (χ4v) is 4.90. The third kappa shape index (κ3) is 4.46. The van der Waals surface area contributed by atoms with Gasteiger partial charge in [0.25, 0.3) is 15.9 Å². The van der Waals surface area contributed by atoms with Crippen molar-refractivity contribution < 1.29 is 13.2 Å². The van der Waals surface area contributed by atoms with Gasteiger partial charge < -0.3 is 4.40 Å². The fourth-order valence-electron chi connectivity index (χ4n) is 3.43. The van der Waals surface area contributed by atoms with E-state index < -0.39 is 15.9 Å². The van der Waals surface area contributed by atoms with E-state index in [9.17, 15) is 13.2 Å². The minimum Gasteiger partial charge on any atom is -0.323 e. The number of fused-ring (bicyclic) bond motifs is 1. The number of sulfonamides is 1. The number of nitrogens with zero attached hydrogens (tertiary/aromatic N) is 1. The van der Waals surface area contributed by atoms with Gasteiger partial charge in [-0.1, -0.05) is 47.5 Å². The van der Waals surface area contributed by atoms with Gasteiger partial charge in [-0.15, -0.1) is 0 Å². The Morgan fingerprint density at radius 3 is 2.45 bits per heavy atom. The van der Waals surface area contributed by atoms with Crippen molar-refractivity contribution in [3.63, 3.8) is 0 Å². The highest BCUT2D eigenvalue weighted by Gasteiger charge is 2.19. The molecule has 0 saturated carbocycles. The summed E-state index contributed by atoms with van der Waals surface area (Å²) >= 11 is 12.3. The summed E-state index contributed by atoms with van der Waals surface area (Å²) in [4.78, 5) is 12.6. The Bertz CT molecular complexity index is 1400. The molecule has 4 aromatic rings. The SMILES string of the molecule is Cc1cn2cc(C(=O)NS(=O)(=O)c3ccccc3)ccc2c1Cc1ccc(Cl)cc1Cl. The van der Waals surface area contributed by atoms with Crippen molar-refractivity contribution in [2.75, 3.05) is 0 Å². The second kappa shape index (κ2) is 8.38. The molecule has 2 aromatic carbocycles. The van der Waals surface area contributed by atoms with Gasteiger partial charge in [-0.2, -0.15) is 0 Å². The zero-order chi connectivity index (χ0) is 22.2. The van der Waals surface area contributed by atoms with E-state index in [2.05, 4.69) is 4.72 Å². The van der Waals surface area contributed by atoms with E-state index in [4.69, 9.17) is 23.2 Å². The molecule has 0 atom stereocenters. The fraction of sp³-hybridized carbons (Fsp3) is 0.0870. The third-order valence-electron chi connectivity index (χ3n) is 5.02. The molecule has 0 radical (unpaired) electrons. The van der Waals surface area contributed by atoms with Crippen LogP contribution in [0.1, 0.15) is 27.0 Å². The standard InChI is InChI=1S/C23H18Cl2N2O3S/c1-15-13-27-14-17(23(28)26-31(29,30)19-5-3-2-4-6-19)8-10-22(27)20(15)11-16-7-9-18(24)12-21(16)25/h2-10,12-14H,11H2,1H3,(H,26,28). The Balaban J connectivity index is 1.63. The Labute approximate surface area is 190 Å². The summed E-state index contributed by atoms with van der Waals surface area (Å²) in [5.74, 6) is -0.695. The van der Waals surface area contributed by atoms with Gasteiger partial charge in [0.15, 0.2) is 0 Å². The average Bonchev–Trinajstić information content (AvgIpc) is 3.04. The number of rotatable bonds is 5. The Morgan fingerprint density at radius 1 is 1.00 bits per heavy atom. The van der Waals surface area contributed by atoms with Crippen LogP contribution in [0.2, 0.25) is 10.0 Å². The monoisotopic (exact) mass is 472 g/mol. The van der Waals surface area contributed by atoms with Crippen molar-refractivity contribution in [2.24, 2.45) is 0 Å². The van der Waals surface area contributed by atoms with Gasteiger partial charge in [-0.3, -0.25) is 4.79 Å². The summed E-state index contributed by atoms with van der Waals surface area (Å²) in [6.45, 7) is 1.98. The molecule has 1 N–H and O–H groups in total. The molecule has 31 heavy (non-hydrogen) atoms. The van der Waals surface area contributed by atoms with E-state index in [1.54, 1.807) is 48.7 Å². The molecule has 4 rings (SSSR count). The van der Waals surface area contributed by atoms with Crippen molar-refractivity contribution >= 4 is 44.6 Å². The maximum atomic E-state index is 12.6. The first-order valence-electron chi connectivity index (χ1n) is 9.41. The number of nitrogens with one attached hydrogen (secondary N) is 1. The lowest BCUT2D eigenvalue weighted by atomic mass is 10.0. The number of pyridine rings is 1. The van der Waals surface area contributed by atoms with Crippen LogP contribution in [-0.4, -0.2) is 18.7 Å². The first kappa shape index (κ1) is 21.4. The molecular formula is C23H18Cl2N2O3S. The number of halogens is 2. The molecule has 0 saturated heterocycles. The smallest absolute Gasteiger partial charge is 0.266 e. The quantitative estimate of drug-likeness (QED) is 0.430. The summed E-state index contributed by atoms with van der Waals surface area (Å²) in [6.07, 6.45) is 4.12. The van der Waals surface area contributed by atoms with Crippen molar-refractivity contribution in [1.29, 1.82) is 0 Å². The summed E-state index contributed by atoms with van der Waals surface area (Å²) in [7, 11) is -3.95. The van der Waals surface area contributed by atoms with Gasteiger partial charge in [0.05, 0.1) is 10.5 Å². The number of hydrogen-bond donors (Lipinski definition) is 1. The first-order chi connectivity index (χ1) is 14.7. The lowest BCUT2D eigenvalue weighted by Crippen LogP contribution is -2.30. The summed E-state index contributed by atoms with van der Waals surface area (Å²) in [5.41, 5.74) is 4.18. The van der Waals surface area contributed by atoms with Gasteiger partial charge >= 0.3 is 0 Å². The van der Waals surface area contributed by atoms with Crippen LogP contribution in [0.4, 0.5) is 0 Å². The normalized spacial score (nSPS) is 11.6. The predicted molar refractivity (Wildman–Crippen MR) is 122 cm³/mol. The molecule has 0 unspecified atom stereocenters. The molecule has 0 aliphatic rings. The second-order valence-corrected chi connectivity index (χ2v) is 9.69. The molecule has 1 amide bonds. The molecule has 158 valence electrons. The van der Waals surface area contributed by atoms with Crippen LogP contribution in [0.25, 0.3) is 5.52 Å². The van der Waals surface area contributed by atoms with Gasteiger partial charge in [-0.25, -0.2) is 13.1 Å². The zero-order valence-electron chi connectivity index (χ0n) is 16.5. The molecule has 5 nitrogen and oxygen atoms in total. The maximum absolute atomic E-state index is 12.6. The van der Waals surface area contributed by atoms with Crippen LogP contribution < -0.4 is 4.72 Å². The second-order valence-electron chi connectivity index (χ2n) is 7.16. The minimum atomic E-state index is -3.95. The highest BCUT2D eigenvalue weighted by molar-refractivity contribution is 7.90. The van der Waals surface area contributed by atoms with Crippen molar-refractivity contribution in [1.82, 2.24) is 9.12 Å². The number of amides is 1. The molecular weight excluding hydrogens is 455 g/mol. The van der Waals surface area contributed by atoms with E-state index in [0.717, 1.165) is 22.2 Å². The summed E-state index contributed by atoms with van der Waals surface area (Å²) in [6, 6.07) is 16.6. The average molecular weight is 473 g/mol. The Kier molecular flexibility index (Phi) is 5.79. The van der Waals surface area contributed by atoms with Gasteiger partial charge in [-0.05, 0) is 60.0 Å². The van der Waals surface area contributed by atoms with E-state index in [1.165, 1.54) is 12.1 Å². The molecule has 8 heteroatoms. The predicted octanol–water partition coefficient (Wildman–Crippen LogP) is 5.26. The first-order valence-corrected chi connectivity index (χ1v) is 11.6. The number of benzene rings is 2. The summed E-state index contributed by atoms with van der Waals surface area (Å²) in [5, 5.41) is 1.17. The minimum absolute atomic E-state index is 0.0309. The van der Waals surface area contributed by atoms with Crippen molar-refractivity contribution in [3.8, 4) is 0 Å². The van der Waals surface area contributed by atoms with Crippen molar-refractivity contribution in [3.05, 3.63) is 105 Å². The van der Waals surface area contributed by atoms with E-state index >= 15 is 0 Å². The number of carbonyl (C=O) groups is 1. The van der Waals surface area contributed by atoms with Crippen LogP contribution in [0, 0.1) is 6.92 Å². The van der Waals surface area contributed by atoms with Crippen LogP contribution in [-0.2, 0) is 16.4 Å². The number of aromatic nitrogens is 1. The zero-order valence-corrected chi connectivity index (χ0v) is 18.8. The van der Waals surface area contributed by atoms with Crippen LogP contribution in [0.5, 0.6) is 0 Å². The molecule has 2 aromatic heterocycles. The van der Waals surface area contributed by atoms with Crippen LogP contribution in [0.15, 0.2) is 78.0 Å². The van der Waals surface area contributed by atoms with Gasteiger partial charge in [0.1, 0.15) is 0 Å². The number of carbonyl (C=O) groups excluding carboxylic acids is 1. The van der Waals surface area contributed by atoms with Crippen LogP contribution in [0.3, 0.4) is 0 Å². The van der Waals surface area contributed by atoms with E-state index in [-0.39, 0.29) is 10.5 Å². The molecule has 0 aliphatic heterocycles. The van der Waals surface area contributed by atoms with E-state index in [1.807, 2.05) is 23.6 Å². The molecule has 0 bridgehead atoms. The van der Waals surface area contributed by atoms with E-state index in [0.29, 0.717) is 16.5 Å². The molecule has 0 spiro atoms. The number of hydrogen-bond acceptors (Lipinski definition) is 3. The maximum Gasteiger partial charge on any atom is 0.266 e. The lowest BCUT2D eigenvalue weighted by Gasteiger charge is -2.08. The largest absolute Gasteiger partial charge is 0.323 e. The van der Waals surface area contributed by atoms with Crippen molar-refractivity contribution in [2.45, 2.75) is 18.2 Å². The third-order valence-corrected chi connectivity index (χ3v) is 6.95. The Hall–Kier alpha value is -2.80. The van der Waals surface area contributed by atoms with Crippen LogP contribution >= 0.6 is 23.2 Å². The van der Waals surface area contributed by atoms with Gasteiger partial charge in [0.2, 0.25) is 0 Å².